The van der Waals surface area contributed by atoms with E-state index < -0.39 is 11.6 Å². The van der Waals surface area contributed by atoms with Gasteiger partial charge in [0.1, 0.15) is 5.82 Å². The molecular formula is C30H29ClF2N4O2S. The fourth-order valence-electron chi connectivity index (χ4n) is 5.33. The Balaban J connectivity index is 1.53. The summed E-state index contributed by atoms with van der Waals surface area (Å²) < 4.78 is 32.4. The molecule has 2 aliphatic heterocycles. The summed E-state index contributed by atoms with van der Waals surface area (Å²) in [6.07, 6.45) is 7.10. The summed E-state index contributed by atoms with van der Waals surface area (Å²) in [6, 6.07) is 11.5. The third kappa shape index (κ3) is 5.71. The number of anilines is 2. The van der Waals surface area contributed by atoms with Crippen molar-refractivity contribution in [1.82, 2.24) is 9.88 Å². The van der Waals surface area contributed by atoms with Crippen LogP contribution in [0.15, 0.2) is 54.7 Å². The predicted octanol–water partition coefficient (Wildman–Crippen LogP) is 7.49. The van der Waals surface area contributed by atoms with Gasteiger partial charge in [-0.05, 0) is 66.8 Å². The molecule has 2 amide bonds. The number of hydrogen-bond acceptors (Lipinski definition) is 5. The molecule has 0 aliphatic carbocycles. The van der Waals surface area contributed by atoms with Crippen molar-refractivity contribution < 1.29 is 18.4 Å². The quantitative estimate of drug-likeness (QED) is 0.246. The maximum atomic E-state index is 14.7. The van der Waals surface area contributed by atoms with Crippen LogP contribution in [-0.2, 0) is 9.59 Å². The van der Waals surface area contributed by atoms with Gasteiger partial charge >= 0.3 is 0 Å². The number of pyridine rings is 1. The number of halogens is 3. The summed E-state index contributed by atoms with van der Waals surface area (Å²) in [4.78, 5) is 32.9. The molecule has 10 heteroatoms. The average molecular weight is 583 g/mol. The second-order valence-electron chi connectivity index (χ2n) is 10.0. The molecule has 3 heterocycles. The monoisotopic (exact) mass is 582 g/mol. The van der Waals surface area contributed by atoms with Crippen LogP contribution in [0.5, 0.6) is 0 Å². The van der Waals surface area contributed by atoms with Gasteiger partial charge in [-0.15, -0.1) is 0 Å². The van der Waals surface area contributed by atoms with Crippen LogP contribution in [0.1, 0.15) is 49.9 Å². The highest BCUT2D eigenvalue weighted by atomic mass is 35.5. The first kappa shape index (κ1) is 28.1. The zero-order valence-corrected chi connectivity index (χ0v) is 23.7. The van der Waals surface area contributed by atoms with E-state index in [1.54, 1.807) is 11.1 Å². The Hall–Kier alpha value is -3.43. The molecule has 2 N–H and O–H groups in total. The number of hydrogen-bond donors (Lipinski definition) is 2. The van der Waals surface area contributed by atoms with Gasteiger partial charge in [0.2, 0.25) is 11.8 Å². The fourth-order valence-corrected chi connectivity index (χ4v) is 5.85. The Bertz CT molecular complexity index is 1500. The minimum atomic E-state index is -0.864. The number of amides is 2. The molecule has 2 unspecified atom stereocenters. The normalized spacial score (nSPS) is 19.6. The molecule has 208 valence electrons. The van der Waals surface area contributed by atoms with E-state index in [0.29, 0.717) is 24.9 Å². The van der Waals surface area contributed by atoms with Gasteiger partial charge in [-0.3, -0.25) is 14.6 Å². The largest absolute Gasteiger partial charge is 0.330 e. The first-order valence-electron chi connectivity index (χ1n) is 13.1. The highest BCUT2D eigenvalue weighted by Gasteiger charge is 2.31. The molecule has 0 saturated heterocycles. The number of fused-ring (bicyclic) bond motifs is 4. The summed E-state index contributed by atoms with van der Waals surface area (Å²) >= 11 is 7.36. The molecule has 0 fully saturated rings. The Labute approximate surface area is 241 Å². The maximum Gasteiger partial charge on any atom is 0.247 e. The molecule has 40 heavy (non-hydrogen) atoms. The highest BCUT2D eigenvalue weighted by Crippen LogP contribution is 2.38. The van der Waals surface area contributed by atoms with E-state index in [0.717, 1.165) is 34.6 Å². The minimum absolute atomic E-state index is 0.0684. The number of benzene rings is 2. The van der Waals surface area contributed by atoms with Crippen molar-refractivity contribution in [2.24, 2.45) is 5.92 Å². The van der Waals surface area contributed by atoms with Gasteiger partial charge in [-0.1, -0.05) is 43.0 Å². The van der Waals surface area contributed by atoms with E-state index in [-0.39, 0.29) is 52.9 Å². The molecule has 0 radical (unpaired) electrons. The van der Waals surface area contributed by atoms with Crippen molar-refractivity contribution in [3.05, 3.63) is 82.7 Å². The van der Waals surface area contributed by atoms with Gasteiger partial charge in [-0.25, -0.2) is 8.78 Å². The Morgan fingerprint density at radius 2 is 1.95 bits per heavy atom. The number of aromatic nitrogens is 1. The molecule has 5 rings (SSSR count). The number of nitrogens with zero attached hydrogens (tertiary/aromatic N) is 2. The average Bonchev–Trinajstić information content (AvgIpc) is 2.94. The maximum absolute atomic E-state index is 14.7. The van der Waals surface area contributed by atoms with Crippen molar-refractivity contribution >= 4 is 52.3 Å². The molecule has 3 aromatic rings. The molecule has 0 saturated carbocycles. The molecule has 0 spiro atoms. The van der Waals surface area contributed by atoms with Crippen molar-refractivity contribution in [1.29, 1.82) is 0 Å². The lowest BCUT2D eigenvalue weighted by Crippen LogP contribution is -2.38. The van der Waals surface area contributed by atoms with Crippen molar-refractivity contribution in [3.8, 4) is 11.1 Å². The zero-order chi connectivity index (χ0) is 28.4. The fraction of sp³-hybridized carbons (Fsp3) is 0.300. The van der Waals surface area contributed by atoms with Gasteiger partial charge in [0, 0.05) is 42.2 Å². The summed E-state index contributed by atoms with van der Waals surface area (Å²) in [6.45, 7) is 2.16. The summed E-state index contributed by atoms with van der Waals surface area (Å²) in [5.41, 5.74) is 4.00. The van der Waals surface area contributed by atoms with Crippen LogP contribution >= 0.6 is 23.5 Å². The lowest BCUT2D eigenvalue weighted by molar-refractivity contribution is -0.129. The molecule has 1 aromatic heterocycles. The lowest BCUT2D eigenvalue weighted by Gasteiger charge is -2.34. The predicted molar refractivity (Wildman–Crippen MR) is 157 cm³/mol. The van der Waals surface area contributed by atoms with E-state index in [4.69, 9.17) is 11.6 Å². The Morgan fingerprint density at radius 1 is 1.12 bits per heavy atom. The van der Waals surface area contributed by atoms with Gasteiger partial charge in [0.15, 0.2) is 5.82 Å². The number of rotatable bonds is 4. The number of carbonyl (C=O) groups is 2. The van der Waals surface area contributed by atoms with Crippen LogP contribution in [0, 0.1) is 17.6 Å². The van der Waals surface area contributed by atoms with E-state index in [2.05, 4.69) is 15.0 Å². The van der Waals surface area contributed by atoms with E-state index in [9.17, 15) is 18.4 Å². The number of nitrogens with one attached hydrogen (secondary N) is 2. The standard InChI is InChI=1S/C30H29ClF2N4O2S/c1-17-4-3-5-26(37-13-11-19(15-27(37)38)28-23(32)9-8-22(31)29(28)33)25-14-18(10-12-34-25)21-7-6-20(36-40-2)16-24(21)35-30(17)39/h6-10,12,14-17,26,36H,3-5,11,13H2,1-2H3,(H,35,39). The molecule has 2 aliphatic rings. The van der Waals surface area contributed by atoms with Gasteiger partial charge in [0.05, 0.1) is 28.0 Å². The second-order valence-corrected chi connectivity index (χ2v) is 11.1. The number of carbonyl (C=O) groups excluding carboxylic acids is 2. The van der Waals surface area contributed by atoms with Gasteiger partial charge in [-0.2, -0.15) is 0 Å². The topological polar surface area (TPSA) is 74.3 Å². The SMILES string of the molecule is CSNc1ccc2c(c1)NC(=O)C(C)CCCC(N1CCC(c3c(F)ccc(Cl)c3F)=CC1=O)c1cc-2ccn1. The van der Waals surface area contributed by atoms with E-state index in [1.807, 2.05) is 43.5 Å². The molecule has 2 aromatic carbocycles. The van der Waals surface area contributed by atoms with Crippen molar-refractivity contribution in [2.75, 3.05) is 22.8 Å². The highest BCUT2D eigenvalue weighted by molar-refractivity contribution is 7.99. The van der Waals surface area contributed by atoms with E-state index in [1.165, 1.54) is 18.0 Å². The van der Waals surface area contributed by atoms with Crippen LogP contribution in [0.2, 0.25) is 5.02 Å². The first-order chi connectivity index (χ1) is 19.3. The summed E-state index contributed by atoms with van der Waals surface area (Å²) in [5.74, 6) is -2.27. The van der Waals surface area contributed by atoms with Gasteiger partial charge in [0.25, 0.3) is 0 Å². The lowest BCUT2D eigenvalue weighted by atomic mass is 9.92. The third-order valence-corrected chi connectivity index (χ3v) is 8.17. The second kappa shape index (κ2) is 12.0. The molecule has 2 atom stereocenters. The smallest absolute Gasteiger partial charge is 0.247 e. The Morgan fingerprint density at radius 3 is 2.73 bits per heavy atom. The van der Waals surface area contributed by atoms with Gasteiger partial charge < -0.3 is 14.9 Å². The van der Waals surface area contributed by atoms with Crippen molar-refractivity contribution in [3.63, 3.8) is 0 Å². The minimum Gasteiger partial charge on any atom is -0.330 e. The van der Waals surface area contributed by atoms with Crippen LogP contribution in [0.3, 0.4) is 0 Å². The van der Waals surface area contributed by atoms with Crippen molar-refractivity contribution in [2.45, 2.75) is 38.6 Å². The summed E-state index contributed by atoms with van der Waals surface area (Å²) in [7, 11) is 0. The molecular weight excluding hydrogens is 554 g/mol. The summed E-state index contributed by atoms with van der Waals surface area (Å²) in [5, 5.41) is 2.91. The molecule has 6 nitrogen and oxygen atoms in total. The third-order valence-electron chi connectivity index (χ3n) is 7.44. The first-order valence-corrected chi connectivity index (χ1v) is 14.7. The van der Waals surface area contributed by atoms with E-state index >= 15 is 0 Å². The Kier molecular flexibility index (Phi) is 8.42. The van der Waals surface area contributed by atoms with Crippen LogP contribution in [-0.4, -0.2) is 34.5 Å². The van der Waals surface area contributed by atoms with Crippen LogP contribution < -0.4 is 10.0 Å². The molecule has 2 bridgehead atoms. The zero-order valence-electron chi connectivity index (χ0n) is 22.1. The van der Waals surface area contributed by atoms with Crippen LogP contribution in [0.4, 0.5) is 20.2 Å². The van der Waals surface area contributed by atoms with Crippen LogP contribution in [0.25, 0.3) is 16.7 Å².